The molecule has 0 N–H and O–H groups in total. The fourth-order valence-electron chi connectivity index (χ4n) is 0.557. The van der Waals surface area contributed by atoms with Gasteiger partial charge in [0.25, 0.3) is 0 Å². The van der Waals surface area contributed by atoms with Crippen molar-refractivity contribution in [3.05, 3.63) is 30.3 Å². The standard InChI is InChI=1S/C7H8O.4ClH.Sn/c1-8-7-5-3-2-4-6-7;;;;;/h2-6H,1H3;4*1H;/q;;;;;+4/p-4. The molecule has 1 aromatic rings. The number of ether oxygens (including phenoxy) is 1. The van der Waals surface area contributed by atoms with Gasteiger partial charge in [0.1, 0.15) is 5.75 Å². The number of halogens is 4. The van der Waals surface area contributed by atoms with Gasteiger partial charge in [-0.05, 0) is 12.1 Å². The van der Waals surface area contributed by atoms with E-state index in [1.54, 1.807) is 7.11 Å². The Labute approximate surface area is 121 Å². The van der Waals surface area contributed by atoms with Gasteiger partial charge in [-0.25, -0.2) is 0 Å². The van der Waals surface area contributed by atoms with E-state index < -0.39 is 0 Å². The Kier molecular flexibility index (Phi) is 42.0. The average Bonchev–Trinajstić information content (AvgIpc) is 1.90. The third-order valence-electron chi connectivity index (χ3n) is 0.979. The van der Waals surface area contributed by atoms with E-state index in [1.807, 2.05) is 30.3 Å². The molecule has 0 aromatic heterocycles. The Balaban J connectivity index is -0.0000000427. The van der Waals surface area contributed by atoms with Gasteiger partial charge < -0.3 is 54.4 Å². The molecule has 0 aliphatic heterocycles. The molecule has 74 valence electrons. The van der Waals surface area contributed by atoms with Crippen LogP contribution in [-0.2, 0) is 0 Å². The molecule has 0 amide bonds. The average molecular weight is 369 g/mol. The Morgan fingerprint density at radius 3 is 1.46 bits per heavy atom. The maximum Gasteiger partial charge on any atom is 4.00 e. The van der Waals surface area contributed by atoms with Crippen LogP contribution in [0.2, 0.25) is 0 Å². The van der Waals surface area contributed by atoms with Crippen LogP contribution in [0.25, 0.3) is 0 Å². The van der Waals surface area contributed by atoms with Crippen LogP contribution in [0.5, 0.6) is 5.75 Å². The Morgan fingerprint density at radius 1 is 0.846 bits per heavy atom. The fraction of sp³-hybridized carbons (Fsp3) is 0.143. The molecule has 1 nitrogen and oxygen atoms in total. The van der Waals surface area contributed by atoms with E-state index in [4.69, 9.17) is 4.74 Å². The van der Waals surface area contributed by atoms with Gasteiger partial charge in [-0.2, -0.15) is 0 Å². The molecule has 1 aromatic carbocycles. The molecule has 0 saturated carbocycles. The van der Waals surface area contributed by atoms with Crippen molar-refractivity contribution in [2.24, 2.45) is 0 Å². The zero-order valence-electron chi connectivity index (χ0n) is 6.81. The van der Waals surface area contributed by atoms with Crippen LogP contribution in [0.15, 0.2) is 30.3 Å². The summed E-state index contributed by atoms with van der Waals surface area (Å²) in [7, 11) is 1.66. The largest absolute Gasteiger partial charge is 4.00 e. The van der Waals surface area contributed by atoms with Crippen LogP contribution in [0.1, 0.15) is 0 Å². The Bertz CT molecular complexity index is 162. The minimum atomic E-state index is 0. The summed E-state index contributed by atoms with van der Waals surface area (Å²) in [6, 6.07) is 9.68. The predicted molar refractivity (Wildman–Crippen MR) is 38.7 cm³/mol. The van der Waals surface area contributed by atoms with Gasteiger partial charge in [0.05, 0.1) is 7.11 Å². The topological polar surface area (TPSA) is 9.23 Å². The summed E-state index contributed by atoms with van der Waals surface area (Å²) in [4.78, 5) is 0. The molecule has 1 rings (SSSR count). The van der Waals surface area contributed by atoms with Crippen LogP contribution in [0.4, 0.5) is 0 Å². The fourth-order valence-corrected chi connectivity index (χ4v) is 0.557. The van der Waals surface area contributed by atoms with Crippen LogP contribution in [0, 0.1) is 0 Å². The van der Waals surface area contributed by atoms with E-state index in [2.05, 4.69) is 0 Å². The summed E-state index contributed by atoms with van der Waals surface area (Å²) < 4.78 is 4.91. The minimum Gasteiger partial charge on any atom is -1.00 e. The van der Waals surface area contributed by atoms with Crippen molar-refractivity contribution in [2.75, 3.05) is 7.11 Å². The predicted octanol–water partition coefficient (Wildman–Crippen LogP) is -10.7. The Morgan fingerprint density at radius 2 is 1.23 bits per heavy atom. The quantitative estimate of drug-likeness (QED) is 0.448. The van der Waals surface area contributed by atoms with Gasteiger partial charge in [0, 0.05) is 0 Å². The number of benzene rings is 1. The molecular weight excluding hydrogens is 361 g/mol. The third kappa shape index (κ3) is 13.0. The van der Waals surface area contributed by atoms with E-state index in [-0.39, 0.29) is 73.5 Å². The van der Waals surface area contributed by atoms with Gasteiger partial charge in [-0.3, -0.25) is 0 Å². The summed E-state index contributed by atoms with van der Waals surface area (Å²) in [6.07, 6.45) is 0. The van der Waals surface area contributed by atoms with Crippen molar-refractivity contribution in [3.63, 3.8) is 0 Å². The first kappa shape index (κ1) is 29.2. The maximum atomic E-state index is 4.91. The first-order valence-corrected chi connectivity index (χ1v) is 2.52. The van der Waals surface area contributed by atoms with E-state index in [9.17, 15) is 0 Å². The molecule has 0 bridgehead atoms. The van der Waals surface area contributed by atoms with Crippen molar-refractivity contribution in [1.29, 1.82) is 0 Å². The summed E-state index contributed by atoms with van der Waals surface area (Å²) >= 11 is 0. The van der Waals surface area contributed by atoms with Crippen LogP contribution < -0.4 is 54.4 Å². The molecule has 0 heterocycles. The minimum absolute atomic E-state index is 0. The smallest absolute Gasteiger partial charge is 1.00 e. The molecule has 13 heavy (non-hydrogen) atoms. The molecule has 0 unspecified atom stereocenters. The monoisotopic (exact) mass is 368 g/mol. The molecule has 0 fully saturated rings. The number of methoxy groups -OCH3 is 1. The van der Waals surface area contributed by atoms with Crippen molar-refractivity contribution in [1.82, 2.24) is 0 Å². The normalized spacial score (nSPS) is 5.31. The third-order valence-corrected chi connectivity index (χ3v) is 0.979. The van der Waals surface area contributed by atoms with Gasteiger partial charge in [0.2, 0.25) is 0 Å². The van der Waals surface area contributed by atoms with Crippen molar-refractivity contribution < 1.29 is 54.4 Å². The SMILES string of the molecule is COc1ccccc1.[Cl-].[Cl-].[Cl-].[Cl-].[Sn+4]. The summed E-state index contributed by atoms with van der Waals surface area (Å²) in [6.45, 7) is 0. The number of para-hydroxylation sites is 1. The zero-order valence-corrected chi connectivity index (χ0v) is 12.7. The van der Waals surface area contributed by atoms with E-state index in [0.29, 0.717) is 0 Å². The summed E-state index contributed by atoms with van der Waals surface area (Å²) in [5.41, 5.74) is 0. The maximum absolute atomic E-state index is 4.91. The summed E-state index contributed by atoms with van der Waals surface area (Å²) in [5, 5.41) is 0. The zero-order chi connectivity index (χ0) is 5.82. The van der Waals surface area contributed by atoms with E-state index in [0.717, 1.165) is 5.75 Å². The van der Waals surface area contributed by atoms with E-state index in [1.165, 1.54) is 0 Å². The second-order valence-electron chi connectivity index (χ2n) is 1.52. The van der Waals surface area contributed by atoms with Crippen LogP contribution in [-0.4, -0.2) is 31.0 Å². The second-order valence-corrected chi connectivity index (χ2v) is 1.52. The van der Waals surface area contributed by atoms with Gasteiger partial charge >= 0.3 is 23.9 Å². The van der Waals surface area contributed by atoms with Gasteiger partial charge in [-0.15, -0.1) is 0 Å². The second kappa shape index (κ2) is 18.7. The molecule has 6 heteroatoms. The van der Waals surface area contributed by atoms with Gasteiger partial charge in [-0.1, -0.05) is 18.2 Å². The first-order chi connectivity index (χ1) is 3.93. The van der Waals surface area contributed by atoms with E-state index >= 15 is 0 Å². The molecule has 0 radical (unpaired) electrons. The van der Waals surface area contributed by atoms with Crippen molar-refractivity contribution >= 4 is 23.9 Å². The van der Waals surface area contributed by atoms with Crippen molar-refractivity contribution in [3.8, 4) is 5.75 Å². The molecule has 0 saturated heterocycles. The van der Waals surface area contributed by atoms with Crippen LogP contribution >= 0.6 is 0 Å². The van der Waals surface area contributed by atoms with Crippen LogP contribution in [0.3, 0.4) is 0 Å². The van der Waals surface area contributed by atoms with Crippen molar-refractivity contribution in [2.45, 2.75) is 0 Å². The number of hydrogen-bond donors (Lipinski definition) is 0. The molecule has 0 atom stereocenters. The first-order valence-electron chi connectivity index (χ1n) is 2.52. The molecule has 0 aliphatic carbocycles. The molecular formula is C7H8Cl4OSn. The Hall–Kier alpha value is 0.979. The number of rotatable bonds is 1. The van der Waals surface area contributed by atoms with Gasteiger partial charge in [0.15, 0.2) is 0 Å². The summed E-state index contributed by atoms with van der Waals surface area (Å²) in [5.74, 6) is 0.910. The molecule has 0 aliphatic rings. The number of hydrogen-bond acceptors (Lipinski definition) is 1. The molecule has 0 spiro atoms.